The van der Waals surface area contributed by atoms with Crippen LogP contribution in [0, 0.1) is 5.92 Å². The van der Waals surface area contributed by atoms with E-state index < -0.39 is 0 Å². The van der Waals surface area contributed by atoms with Crippen LogP contribution in [0.15, 0.2) is 18.2 Å². The number of benzene rings is 1. The molecule has 0 amide bonds. The predicted molar refractivity (Wildman–Crippen MR) is 72.4 cm³/mol. The number of rotatable bonds is 3. The molecule has 4 heteroatoms. The third kappa shape index (κ3) is 2.17. The number of nitrogens with zero attached hydrogens (tertiary/aromatic N) is 2. The van der Waals surface area contributed by atoms with Gasteiger partial charge in [0.1, 0.15) is 5.82 Å². The van der Waals surface area contributed by atoms with Crippen molar-refractivity contribution in [2.24, 2.45) is 18.7 Å². The zero-order valence-electron chi connectivity index (χ0n) is 10.4. The van der Waals surface area contributed by atoms with Crippen LogP contribution in [-0.2, 0) is 7.05 Å². The minimum absolute atomic E-state index is 0.283. The lowest BCUT2D eigenvalue weighted by Gasteiger charge is -2.18. The van der Waals surface area contributed by atoms with E-state index in [1.54, 1.807) is 0 Å². The van der Waals surface area contributed by atoms with Gasteiger partial charge >= 0.3 is 0 Å². The first-order valence-corrected chi connectivity index (χ1v) is 6.24. The van der Waals surface area contributed by atoms with E-state index in [1.807, 2.05) is 25.2 Å². The second kappa shape index (κ2) is 4.67. The molecule has 0 saturated heterocycles. The molecular weight excluding hydrogens is 234 g/mol. The second-order valence-electron chi connectivity index (χ2n) is 4.75. The molecule has 0 saturated carbocycles. The normalized spacial score (nSPS) is 13.5. The van der Waals surface area contributed by atoms with E-state index in [1.165, 1.54) is 0 Å². The zero-order chi connectivity index (χ0) is 12.6. The molecular formula is C13H18ClN3. The van der Waals surface area contributed by atoms with E-state index in [4.69, 9.17) is 17.3 Å². The molecule has 17 heavy (non-hydrogen) atoms. The van der Waals surface area contributed by atoms with Crippen molar-refractivity contribution in [2.75, 3.05) is 6.54 Å². The van der Waals surface area contributed by atoms with Crippen molar-refractivity contribution in [1.82, 2.24) is 9.55 Å². The summed E-state index contributed by atoms with van der Waals surface area (Å²) in [7, 11) is 2.03. The van der Waals surface area contributed by atoms with Crippen molar-refractivity contribution < 1.29 is 0 Å². The van der Waals surface area contributed by atoms with E-state index in [-0.39, 0.29) is 5.92 Å². The van der Waals surface area contributed by atoms with Crippen LogP contribution in [-0.4, -0.2) is 16.1 Å². The first-order valence-electron chi connectivity index (χ1n) is 5.86. The summed E-state index contributed by atoms with van der Waals surface area (Å²) >= 11 is 5.98. The maximum atomic E-state index is 5.98. The summed E-state index contributed by atoms with van der Waals surface area (Å²) in [5.41, 5.74) is 7.89. The van der Waals surface area contributed by atoms with Gasteiger partial charge in [0, 0.05) is 24.5 Å². The minimum atomic E-state index is 0.283. The van der Waals surface area contributed by atoms with Crippen molar-refractivity contribution in [2.45, 2.75) is 19.8 Å². The molecule has 0 bridgehead atoms. The van der Waals surface area contributed by atoms with Gasteiger partial charge in [-0.25, -0.2) is 4.98 Å². The SMILES string of the molecule is CC(C)C(CN)c1nc2cc(Cl)ccc2n1C. The smallest absolute Gasteiger partial charge is 0.114 e. The summed E-state index contributed by atoms with van der Waals surface area (Å²) in [4.78, 5) is 4.66. The number of imidazole rings is 1. The average molecular weight is 252 g/mol. The van der Waals surface area contributed by atoms with Crippen LogP contribution < -0.4 is 5.73 Å². The number of halogens is 1. The average Bonchev–Trinajstić information content (AvgIpc) is 2.56. The lowest BCUT2D eigenvalue weighted by molar-refractivity contribution is 0.474. The Morgan fingerprint density at radius 2 is 2.12 bits per heavy atom. The maximum absolute atomic E-state index is 5.98. The Morgan fingerprint density at radius 1 is 1.41 bits per heavy atom. The van der Waals surface area contributed by atoms with Crippen molar-refractivity contribution in [1.29, 1.82) is 0 Å². The quantitative estimate of drug-likeness (QED) is 0.912. The van der Waals surface area contributed by atoms with Crippen LogP contribution in [0.2, 0.25) is 5.02 Å². The van der Waals surface area contributed by atoms with Gasteiger partial charge < -0.3 is 10.3 Å². The van der Waals surface area contributed by atoms with Crippen molar-refractivity contribution in [3.8, 4) is 0 Å². The lowest BCUT2D eigenvalue weighted by Crippen LogP contribution is -2.21. The number of fused-ring (bicyclic) bond motifs is 1. The Balaban J connectivity index is 2.58. The number of aryl methyl sites for hydroxylation is 1. The summed E-state index contributed by atoms with van der Waals surface area (Å²) in [5, 5.41) is 0.719. The van der Waals surface area contributed by atoms with Gasteiger partial charge in [0.15, 0.2) is 0 Å². The number of hydrogen-bond acceptors (Lipinski definition) is 2. The molecule has 3 nitrogen and oxygen atoms in total. The van der Waals surface area contributed by atoms with Crippen molar-refractivity contribution in [3.63, 3.8) is 0 Å². The van der Waals surface area contributed by atoms with Gasteiger partial charge in [-0.3, -0.25) is 0 Å². The summed E-state index contributed by atoms with van der Waals surface area (Å²) in [6.45, 7) is 4.95. The van der Waals surface area contributed by atoms with E-state index in [0.29, 0.717) is 12.5 Å². The molecule has 2 aromatic rings. The molecule has 1 atom stereocenters. The highest BCUT2D eigenvalue weighted by molar-refractivity contribution is 6.31. The van der Waals surface area contributed by atoms with Gasteiger partial charge in [-0.1, -0.05) is 25.4 Å². The fourth-order valence-corrected chi connectivity index (χ4v) is 2.37. The highest BCUT2D eigenvalue weighted by Crippen LogP contribution is 2.27. The van der Waals surface area contributed by atoms with Crippen LogP contribution in [0.4, 0.5) is 0 Å². The summed E-state index contributed by atoms with van der Waals surface area (Å²) in [6, 6.07) is 5.79. The summed E-state index contributed by atoms with van der Waals surface area (Å²) in [6.07, 6.45) is 0. The van der Waals surface area contributed by atoms with Crippen LogP contribution in [0.25, 0.3) is 11.0 Å². The second-order valence-corrected chi connectivity index (χ2v) is 5.18. The van der Waals surface area contributed by atoms with Gasteiger partial charge in [0.05, 0.1) is 11.0 Å². The number of nitrogens with two attached hydrogens (primary N) is 1. The van der Waals surface area contributed by atoms with Crippen LogP contribution >= 0.6 is 11.6 Å². The third-order valence-electron chi connectivity index (χ3n) is 3.27. The Labute approximate surface area is 107 Å². The van der Waals surface area contributed by atoms with E-state index >= 15 is 0 Å². The monoisotopic (exact) mass is 251 g/mol. The highest BCUT2D eigenvalue weighted by atomic mass is 35.5. The van der Waals surface area contributed by atoms with Gasteiger partial charge in [0.2, 0.25) is 0 Å². The number of hydrogen-bond donors (Lipinski definition) is 1. The van der Waals surface area contributed by atoms with Crippen LogP contribution in [0.1, 0.15) is 25.6 Å². The van der Waals surface area contributed by atoms with Gasteiger partial charge in [0.25, 0.3) is 0 Å². The predicted octanol–water partition coefficient (Wildman–Crippen LogP) is 2.93. The molecule has 1 aromatic carbocycles. The Bertz CT molecular complexity index is 531. The lowest BCUT2D eigenvalue weighted by atomic mass is 9.95. The van der Waals surface area contributed by atoms with Crippen LogP contribution in [0.3, 0.4) is 0 Å². The number of aromatic nitrogens is 2. The van der Waals surface area contributed by atoms with Gasteiger partial charge in [-0.2, -0.15) is 0 Å². The molecule has 0 aliphatic rings. The first kappa shape index (κ1) is 12.4. The van der Waals surface area contributed by atoms with Crippen molar-refractivity contribution in [3.05, 3.63) is 29.0 Å². The molecule has 0 aliphatic heterocycles. The molecule has 0 aliphatic carbocycles. The maximum Gasteiger partial charge on any atom is 0.114 e. The van der Waals surface area contributed by atoms with E-state index in [0.717, 1.165) is 21.9 Å². The van der Waals surface area contributed by atoms with Gasteiger partial charge in [-0.15, -0.1) is 0 Å². The summed E-state index contributed by atoms with van der Waals surface area (Å²) in [5.74, 6) is 1.80. The third-order valence-corrected chi connectivity index (χ3v) is 3.50. The first-order chi connectivity index (χ1) is 8.04. The Kier molecular flexibility index (Phi) is 3.40. The zero-order valence-corrected chi connectivity index (χ0v) is 11.2. The largest absolute Gasteiger partial charge is 0.331 e. The van der Waals surface area contributed by atoms with Crippen LogP contribution in [0.5, 0.6) is 0 Å². The topological polar surface area (TPSA) is 43.8 Å². The molecule has 2 rings (SSSR count). The van der Waals surface area contributed by atoms with Crippen molar-refractivity contribution >= 4 is 22.6 Å². The fraction of sp³-hybridized carbons (Fsp3) is 0.462. The molecule has 2 N–H and O–H groups in total. The Hall–Kier alpha value is -1.06. The molecule has 0 spiro atoms. The van der Waals surface area contributed by atoms with Gasteiger partial charge in [-0.05, 0) is 24.1 Å². The fourth-order valence-electron chi connectivity index (χ4n) is 2.20. The molecule has 1 unspecified atom stereocenters. The molecule has 1 aromatic heterocycles. The minimum Gasteiger partial charge on any atom is -0.331 e. The summed E-state index contributed by atoms with van der Waals surface area (Å²) < 4.78 is 2.11. The molecule has 92 valence electrons. The van der Waals surface area contributed by atoms with E-state index in [9.17, 15) is 0 Å². The Morgan fingerprint density at radius 3 is 2.71 bits per heavy atom. The molecule has 1 heterocycles. The standard InChI is InChI=1S/C13H18ClN3/c1-8(2)10(7-15)13-16-11-6-9(14)4-5-12(11)17(13)3/h4-6,8,10H,7,15H2,1-3H3. The molecule has 0 fully saturated rings. The highest BCUT2D eigenvalue weighted by Gasteiger charge is 2.20. The van der Waals surface area contributed by atoms with E-state index in [2.05, 4.69) is 23.4 Å². The molecule has 0 radical (unpaired) electrons.